The van der Waals surface area contributed by atoms with Crippen molar-refractivity contribution < 1.29 is 9.59 Å². The molecule has 0 radical (unpaired) electrons. The second-order valence-corrected chi connectivity index (χ2v) is 7.41. The van der Waals surface area contributed by atoms with Crippen LogP contribution in [0.15, 0.2) is 42.5 Å². The van der Waals surface area contributed by atoms with Gasteiger partial charge >= 0.3 is 6.03 Å². The topological polar surface area (TPSA) is 52.7 Å². The summed E-state index contributed by atoms with van der Waals surface area (Å²) in [7, 11) is 0. The molecule has 0 spiro atoms. The van der Waals surface area contributed by atoms with E-state index in [0.29, 0.717) is 34.4 Å². The summed E-state index contributed by atoms with van der Waals surface area (Å²) in [6, 6.07) is 12.3. The highest BCUT2D eigenvalue weighted by Gasteiger charge is 2.21. The normalized spacial score (nSPS) is 14.9. The van der Waals surface area contributed by atoms with Gasteiger partial charge in [0.15, 0.2) is 5.78 Å². The fraction of sp³-hybridized carbons (Fsp3) is 0.300. The highest BCUT2D eigenvalue weighted by molar-refractivity contribution is 6.35. The number of hydrogen-bond donors (Lipinski definition) is 1. The van der Waals surface area contributed by atoms with E-state index in [-0.39, 0.29) is 11.8 Å². The van der Waals surface area contributed by atoms with Gasteiger partial charge in [-0.05, 0) is 48.9 Å². The molecule has 7 heteroatoms. The Labute approximate surface area is 168 Å². The van der Waals surface area contributed by atoms with E-state index in [1.165, 1.54) is 6.92 Å². The summed E-state index contributed by atoms with van der Waals surface area (Å²) in [5.74, 6) is 0.00443. The molecule has 1 aliphatic rings. The van der Waals surface area contributed by atoms with Crippen LogP contribution >= 0.6 is 23.2 Å². The Hall–Kier alpha value is -2.08. The highest BCUT2D eigenvalue weighted by Crippen LogP contribution is 2.23. The van der Waals surface area contributed by atoms with Crippen LogP contribution in [-0.4, -0.2) is 47.8 Å². The quantitative estimate of drug-likeness (QED) is 0.759. The molecule has 3 rings (SSSR count). The lowest BCUT2D eigenvalue weighted by Gasteiger charge is -2.34. The first-order valence-electron chi connectivity index (χ1n) is 8.75. The number of carbonyl (C=O) groups excluding carboxylic acids is 2. The third-order valence-electron chi connectivity index (χ3n) is 4.61. The predicted octanol–water partition coefficient (Wildman–Crippen LogP) is 4.55. The van der Waals surface area contributed by atoms with Crippen molar-refractivity contribution in [3.05, 3.63) is 63.6 Å². The van der Waals surface area contributed by atoms with Gasteiger partial charge in [-0.1, -0.05) is 29.3 Å². The van der Waals surface area contributed by atoms with Gasteiger partial charge in [0.1, 0.15) is 0 Å². The van der Waals surface area contributed by atoms with Gasteiger partial charge in [-0.2, -0.15) is 0 Å². The Balaban J connectivity index is 1.50. The van der Waals surface area contributed by atoms with E-state index in [0.717, 1.165) is 25.2 Å². The first-order valence-corrected chi connectivity index (χ1v) is 9.51. The Bertz CT molecular complexity index is 832. The minimum absolute atomic E-state index is 0.00443. The zero-order valence-corrected chi connectivity index (χ0v) is 16.6. The molecule has 0 bridgehead atoms. The number of carbonyl (C=O) groups is 2. The molecule has 0 atom stereocenters. The highest BCUT2D eigenvalue weighted by atomic mass is 35.5. The molecular weight excluding hydrogens is 385 g/mol. The van der Waals surface area contributed by atoms with E-state index >= 15 is 0 Å². The summed E-state index contributed by atoms with van der Waals surface area (Å²) >= 11 is 12.2. The van der Waals surface area contributed by atoms with Gasteiger partial charge in [-0.25, -0.2) is 4.79 Å². The standard InChI is InChI=1S/C20H21Cl2N3O2/c1-14(26)15-3-6-18(7-4-15)23-20(27)25-10-8-24(9-11-25)13-16-2-5-17(21)12-19(16)22/h2-7,12H,8-11,13H2,1H3,(H,23,27). The van der Waals surface area contributed by atoms with E-state index in [2.05, 4.69) is 10.2 Å². The van der Waals surface area contributed by atoms with Crippen LogP contribution < -0.4 is 5.32 Å². The number of hydrogen-bond acceptors (Lipinski definition) is 3. The van der Waals surface area contributed by atoms with E-state index in [1.54, 1.807) is 35.2 Å². The van der Waals surface area contributed by atoms with E-state index in [4.69, 9.17) is 23.2 Å². The Morgan fingerprint density at radius 2 is 1.67 bits per heavy atom. The molecule has 0 aliphatic carbocycles. The monoisotopic (exact) mass is 405 g/mol. The lowest BCUT2D eigenvalue weighted by molar-refractivity contribution is 0.101. The third-order valence-corrected chi connectivity index (χ3v) is 5.20. The third kappa shape index (κ3) is 5.22. The molecule has 2 amide bonds. The SMILES string of the molecule is CC(=O)c1ccc(NC(=O)N2CCN(Cc3ccc(Cl)cc3Cl)CC2)cc1. The fourth-order valence-electron chi connectivity index (χ4n) is 2.99. The van der Waals surface area contributed by atoms with Crippen molar-refractivity contribution in [3.8, 4) is 0 Å². The molecule has 0 saturated carbocycles. The number of anilines is 1. The van der Waals surface area contributed by atoms with E-state index in [1.807, 2.05) is 12.1 Å². The van der Waals surface area contributed by atoms with Crippen molar-refractivity contribution >= 4 is 40.7 Å². The maximum absolute atomic E-state index is 12.4. The van der Waals surface area contributed by atoms with Crippen molar-refractivity contribution in [3.63, 3.8) is 0 Å². The lowest BCUT2D eigenvalue weighted by Crippen LogP contribution is -2.49. The van der Waals surface area contributed by atoms with Gasteiger partial charge < -0.3 is 10.2 Å². The van der Waals surface area contributed by atoms with Gasteiger partial charge in [0.25, 0.3) is 0 Å². The average molecular weight is 406 g/mol. The van der Waals surface area contributed by atoms with Crippen LogP contribution in [0.25, 0.3) is 0 Å². The summed E-state index contributed by atoms with van der Waals surface area (Å²) in [4.78, 5) is 27.8. The summed E-state index contributed by atoms with van der Waals surface area (Å²) in [6.45, 7) is 5.08. The average Bonchev–Trinajstić information content (AvgIpc) is 2.65. The van der Waals surface area contributed by atoms with Crippen molar-refractivity contribution in [1.82, 2.24) is 9.80 Å². The van der Waals surface area contributed by atoms with Crippen LogP contribution in [-0.2, 0) is 6.54 Å². The molecule has 1 aliphatic heterocycles. The van der Waals surface area contributed by atoms with Gasteiger partial charge in [0.2, 0.25) is 0 Å². The maximum atomic E-state index is 12.4. The van der Waals surface area contributed by atoms with Crippen LogP contribution in [0, 0.1) is 0 Å². The molecule has 0 aromatic heterocycles. The number of nitrogens with zero attached hydrogens (tertiary/aromatic N) is 2. The van der Waals surface area contributed by atoms with E-state index in [9.17, 15) is 9.59 Å². The van der Waals surface area contributed by atoms with Crippen molar-refractivity contribution in [2.75, 3.05) is 31.5 Å². The van der Waals surface area contributed by atoms with Gasteiger partial charge in [-0.15, -0.1) is 0 Å². The van der Waals surface area contributed by atoms with Crippen LogP contribution in [0.2, 0.25) is 10.0 Å². The Kier molecular flexibility index (Phi) is 6.37. The van der Waals surface area contributed by atoms with Crippen molar-refractivity contribution in [1.29, 1.82) is 0 Å². The zero-order chi connectivity index (χ0) is 19.4. The molecule has 5 nitrogen and oxygen atoms in total. The summed E-state index contributed by atoms with van der Waals surface area (Å²) in [5.41, 5.74) is 2.34. The summed E-state index contributed by atoms with van der Waals surface area (Å²) in [5, 5.41) is 4.17. The molecule has 27 heavy (non-hydrogen) atoms. The van der Waals surface area contributed by atoms with Gasteiger partial charge in [-0.3, -0.25) is 9.69 Å². The molecule has 1 saturated heterocycles. The largest absolute Gasteiger partial charge is 0.322 e. The first-order chi connectivity index (χ1) is 12.9. The number of nitrogens with one attached hydrogen (secondary N) is 1. The number of amides is 2. The van der Waals surface area contributed by atoms with Gasteiger partial charge in [0.05, 0.1) is 0 Å². The second kappa shape index (κ2) is 8.74. The van der Waals surface area contributed by atoms with Crippen molar-refractivity contribution in [2.45, 2.75) is 13.5 Å². The molecule has 0 unspecified atom stereocenters. The van der Waals surface area contributed by atoms with Crippen molar-refractivity contribution in [2.24, 2.45) is 0 Å². The molecule has 142 valence electrons. The second-order valence-electron chi connectivity index (χ2n) is 6.56. The van der Waals surface area contributed by atoms with Crippen LogP contribution in [0.3, 0.4) is 0 Å². The number of ketones is 1. The first kappa shape index (κ1) is 19.7. The lowest BCUT2D eigenvalue weighted by atomic mass is 10.1. The molecule has 2 aromatic carbocycles. The molecule has 1 heterocycles. The smallest absolute Gasteiger partial charge is 0.321 e. The maximum Gasteiger partial charge on any atom is 0.321 e. The molecule has 1 fully saturated rings. The van der Waals surface area contributed by atoms with Crippen LogP contribution in [0.5, 0.6) is 0 Å². The number of Topliss-reactive ketones (excluding diaryl/α,β-unsaturated/α-hetero) is 1. The minimum Gasteiger partial charge on any atom is -0.322 e. The Morgan fingerprint density at radius 3 is 2.26 bits per heavy atom. The fourth-order valence-corrected chi connectivity index (χ4v) is 3.46. The number of halogens is 2. The number of piperazine rings is 1. The number of rotatable bonds is 4. The summed E-state index contributed by atoms with van der Waals surface area (Å²) in [6.07, 6.45) is 0. The molecule has 2 aromatic rings. The minimum atomic E-state index is -0.130. The van der Waals surface area contributed by atoms with Crippen LogP contribution in [0.4, 0.5) is 10.5 Å². The van der Waals surface area contributed by atoms with Crippen LogP contribution in [0.1, 0.15) is 22.8 Å². The van der Waals surface area contributed by atoms with Gasteiger partial charge in [0, 0.05) is 54.0 Å². The molecular formula is C20H21Cl2N3O2. The number of urea groups is 1. The molecule has 1 N–H and O–H groups in total. The number of benzene rings is 2. The Morgan fingerprint density at radius 1 is 1.00 bits per heavy atom. The predicted molar refractivity (Wildman–Crippen MR) is 109 cm³/mol. The van der Waals surface area contributed by atoms with E-state index < -0.39 is 0 Å². The zero-order valence-electron chi connectivity index (χ0n) is 15.0. The summed E-state index contributed by atoms with van der Waals surface area (Å²) < 4.78 is 0.